The van der Waals surface area contributed by atoms with E-state index in [1.54, 1.807) is 29.3 Å². The molecule has 0 aliphatic heterocycles. The highest BCUT2D eigenvalue weighted by Gasteiger charge is 1.97. The molecule has 4 nitrogen and oxygen atoms in total. The molecule has 20 heavy (non-hydrogen) atoms. The first kappa shape index (κ1) is 13.8. The van der Waals surface area contributed by atoms with Crippen LogP contribution in [0.2, 0.25) is 0 Å². The van der Waals surface area contributed by atoms with Crippen molar-refractivity contribution in [2.75, 3.05) is 7.05 Å². The van der Waals surface area contributed by atoms with Crippen molar-refractivity contribution in [3.8, 4) is 6.07 Å². The van der Waals surface area contributed by atoms with Crippen LogP contribution in [-0.2, 0) is 6.54 Å². The van der Waals surface area contributed by atoms with E-state index in [2.05, 4.69) is 47.6 Å². The van der Waals surface area contributed by atoms with Crippen molar-refractivity contribution >= 4 is 5.69 Å². The minimum Gasteiger partial charge on any atom is -0.277 e. The standard InChI is InChI=1S/C16H16N4/c1-13-3-5-15(6-4-13)12-20(2)19-18-16-9-7-14(11-17)8-10-16/h3-10H,12H2,1-2H3. The fourth-order valence-corrected chi connectivity index (χ4v) is 1.72. The summed E-state index contributed by atoms with van der Waals surface area (Å²) >= 11 is 0. The van der Waals surface area contributed by atoms with Crippen molar-refractivity contribution in [2.24, 2.45) is 10.3 Å². The number of benzene rings is 2. The number of nitriles is 1. The van der Waals surface area contributed by atoms with Crippen molar-refractivity contribution in [3.05, 3.63) is 65.2 Å². The molecule has 0 radical (unpaired) electrons. The van der Waals surface area contributed by atoms with E-state index in [9.17, 15) is 0 Å². The van der Waals surface area contributed by atoms with E-state index in [0.717, 1.165) is 5.69 Å². The van der Waals surface area contributed by atoms with Gasteiger partial charge in [-0.25, -0.2) is 0 Å². The van der Waals surface area contributed by atoms with E-state index < -0.39 is 0 Å². The Kier molecular flexibility index (Phi) is 4.46. The second-order valence-electron chi connectivity index (χ2n) is 4.65. The smallest absolute Gasteiger partial charge is 0.0991 e. The van der Waals surface area contributed by atoms with Gasteiger partial charge in [-0.1, -0.05) is 35.1 Å². The summed E-state index contributed by atoms with van der Waals surface area (Å²) in [7, 11) is 1.88. The molecule has 0 aliphatic carbocycles. The number of nitrogens with zero attached hydrogens (tertiary/aromatic N) is 4. The quantitative estimate of drug-likeness (QED) is 0.619. The summed E-state index contributed by atoms with van der Waals surface area (Å²) in [5.74, 6) is 0. The summed E-state index contributed by atoms with van der Waals surface area (Å²) < 4.78 is 0. The molecule has 2 aromatic carbocycles. The molecule has 0 unspecified atom stereocenters. The van der Waals surface area contributed by atoms with E-state index in [1.165, 1.54) is 11.1 Å². The Morgan fingerprint density at radius 2 is 1.70 bits per heavy atom. The summed E-state index contributed by atoms with van der Waals surface area (Å²) in [4.78, 5) is 0. The first-order chi connectivity index (χ1) is 9.67. The molecular weight excluding hydrogens is 248 g/mol. The third-order valence-electron chi connectivity index (χ3n) is 2.84. The highest BCUT2D eigenvalue weighted by molar-refractivity contribution is 5.41. The Labute approximate surface area is 119 Å². The van der Waals surface area contributed by atoms with Gasteiger partial charge in [-0.05, 0) is 36.8 Å². The van der Waals surface area contributed by atoms with Gasteiger partial charge >= 0.3 is 0 Å². The third kappa shape index (κ3) is 3.92. The van der Waals surface area contributed by atoms with Gasteiger partial charge < -0.3 is 0 Å². The Morgan fingerprint density at radius 1 is 1.05 bits per heavy atom. The molecule has 0 saturated heterocycles. The first-order valence-corrected chi connectivity index (χ1v) is 6.36. The van der Waals surface area contributed by atoms with Gasteiger partial charge in [0.25, 0.3) is 0 Å². The molecule has 0 aromatic heterocycles. The highest BCUT2D eigenvalue weighted by atomic mass is 15.5. The van der Waals surface area contributed by atoms with Crippen LogP contribution in [0.1, 0.15) is 16.7 Å². The normalized spacial score (nSPS) is 10.4. The summed E-state index contributed by atoms with van der Waals surface area (Å²) in [6.45, 7) is 2.78. The van der Waals surface area contributed by atoms with Crippen LogP contribution in [0.4, 0.5) is 5.69 Å². The second kappa shape index (κ2) is 6.48. The number of hydrogen-bond donors (Lipinski definition) is 0. The number of hydrogen-bond acceptors (Lipinski definition) is 3. The molecule has 4 heteroatoms. The van der Waals surface area contributed by atoms with Gasteiger partial charge in [-0.2, -0.15) is 5.26 Å². The van der Waals surface area contributed by atoms with Crippen molar-refractivity contribution in [2.45, 2.75) is 13.5 Å². The maximum Gasteiger partial charge on any atom is 0.0991 e. The molecule has 0 saturated carbocycles. The zero-order valence-corrected chi connectivity index (χ0v) is 11.6. The predicted molar refractivity (Wildman–Crippen MR) is 78.3 cm³/mol. The van der Waals surface area contributed by atoms with E-state index in [4.69, 9.17) is 5.26 Å². The number of aryl methyl sites for hydroxylation is 1. The SMILES string of the molecule is Cc1ccc(CN(C)N=Nc2ccc(C#N)cc2)cc1. The van der Waals surface area contributed by atoms with Crippen molar-refractivity contribution in [1.29, 1.82) is 5.26 Å². The predicted octanol–water partition coefficient (Wildman–Crippen LogP) is 4.00. The van der Waals surface area contributed by atoms with Gasteiger partial charge in [0.05, 0.1) is 23.9 Å². The van der Waals surface area contributed by atoms with Crippen LogP contribution in [0.5, 0.6) is 0 Å². The maximum absolute atomic E-state index is 8.72. The van der Waals surface area contributed by atoms with Crippen LogP contribution in [0.25, 0.3) is 0 Å². The molecule has 0 atom stereocenters. The second-order valence-corrected chi connectivity index (χ2v) is 4.65. The number of rotatable bonds is 4. The topological polar surface area (TPSA) is 51.8 Å². The minimum absolute atomic E-state index is 0.622. The lowest BCUT2D eigenvalue weighted by atomic mass is 10.1. The molecule has 0 heterocycles. The van der Waals surface area contributed by atoms with E-state index >= 15 is 0 Å². The van der Waals surface area contributed by atoms with E-state index in [-0.39, 0.29) is 0 Å². The first-order valence-electron chi connectivity index (χ1n) is 6.36. The summed E-state index contributed by atoms with van der Waals surface area (Å²) in [5, 5.41) is 18.8. The van der Waals surface area contributed by atoms with Crippen LogP contribution in [0, 0.1) is 18.3 Å². The lowest BCUT2D eigenvalue weighted by molar-refractivity contribution is 0.324. The molecule has 0 N–H and O–H groups in total. The fourth-order valence-electron chi connectivity index (χ4n) is 1.72. The van der Waals surface area contributed by atoms with Crippen LogP contribution in [-0.4, -0.2) is 12.1 Å². The van der Waals surface area contributed by atoms with Crippen molar-refractivity contribution in [3.63, 3.8) is 0 Å². The molecule has 2 aromatic rings. The van der Waals surface area contributed by atoms with Crippen LogP contribution in [0.15, 0.2) is 58.9 Å². The Morgan fingerprint density at radius 3 is 2.30 bits per heavy atom. The molecule has 2 rings (SSSR count). The van der Waals surface area contributed by atoms with Crippen LogP contribution < -0.4 is 0 Å². The zero-order chi connectivity index (χ0) is 14.4. The maximum atomic E-state index is 8.72. The average Bonchev–Trinajstić information content (AvgIpc) is 2.48. The zero-order valence-electron chi connectivity index (χ0n) is 11.6. The Bertz CT molecular complexity index is 621. The monoisotopic (exact) mass is 264 g/mol. The van der Waals surface area contributed by atoms with Crippen LogP contribution in [0.3, 0.4) is 0 Å². The van der Waals surface area contributed by atoms with Gasteiger partial charge in [-0.3, -0.25) is 5.01 Å². The van der Waals surface area contributed by atoms with E-state index in [0.29, 0.717) is 12.1 Å². The molecule has 0 aliphatic rings. The van der Waals surface area contributed by atoms with Gasteiger partial charge in [0, 0.05) is 7.05 Å². The molecule has 100 valence electrons. The Balaban J connectivity index is 1.96. The lowest BCUT2D eigenvalue weighted by Gasteiger charge is -2.11. The van der Waals surface area contributed by atoms with Gasteiger partial charge in [0.2, 0.25) is 0 Å². The molecular formula is C16H16N4. The van der Waals surface area contributed by atoms with Gasteiger partial charge in [-0.15, -0.1) is 5.11 Å². The van der Waals surface area contributed by atoms with Crippen LogP contribution >= 0.6 is 0 Å². The van der Waals surface area contributed by atoms with Crippen molar-refractivity contribution in [1.82, 2.24) is 5.01 Å². The summed E-state index contributed by atoms with van der Waals surface area (Å²) in [6, 6.07) is 17.4. The molecule has 0 fully saturated rings. The lowest BCUT2D eigenvalue weighted by Crippen LogP contribution is -2.09. The summed E-state index contributed by atoms with van der Waals surface area (Å²) in [6.07, 6.45) is 0. The Hall–Kier alpha value is -2.67. The molecule has 0 bridgehead atoms. The van der Waals surface area contributed by atoms with Crippen molar-refractivity contribution < 1.29 is 0 Å². The largest absolute Gasteiger partial charge is 0.277 e. The van der Waals surface area contributed by atoms with Gasteiger partial charge in [0.15, 0.2) is 0 Å². The average molecular weight is 264 g/mol. The molecule has 0 amide bonds. The molecule has 0 spiro atoms. The summed E-state index contributed by atoms with van der Waals surface area (Å²) in [5.41, 5.74) is 3.80. The van der Waals surface area contributed by atoms with E-state index in [1.807, 2.05) is 7.05 Å². The fraction of sp³-hybridized carbons (Fsp3) is 0.188. The third-order valence-corrected chi connectivity index (χ3v) is 2.84. The minimum atomic E-state index is 0.622. The highest BCUT2D eigenvalue weighted by Crippen LogP contribution is 2.14. The van der Waals surface area contributed by atoms with Gasteiger partial charge in [0.1, 0.15) is 0 Å².